The summed E-state index contributed by atoms with van der Waals surface area (Å²) in [6.45, 7) is 3.04. The zero-order valence-corrected chi connectivity index (χ0v) is 12.5. The Hall–Kier alpha value is -0.860. The van der Waals surface area contributed by atoms with Gasteiger partial charge in [0.15, 0.2) is 9.50 Å². The quantitative estimate of drug-likeness (QED) is 0.499. The molecule has 0 saturated carbocycles. The van der Waals surface area contributed by atoms with E-state index < -0.39 is 0 Å². The maximum absolute atomic E-state index is 4.45. The average Bonchev–Trinajstić information content (AvgIpc) is 2.89. The normalized spacial score (nSPS) is 10.6. The molecule has 0 aliphatic carbocycles. The summed E-state index contributed by atoms with van der Waals surface area (Å²) in [5, 5.41) is 4.94. The summed E-state index contributed by atoms with van der Waals surface area (Å²) < 4.78 is 4.87. The number of hydrogen-bond acceptors (Lipinski definition) is 8. The van der Waals surface area contributed by atoms with Crippen molar-refractivity contribution in [1.82, 2.24) is 19.3 Å². The third kappa shape index (κ3) is 3.82. The van der Waals surface area contributed by atoms with E-state index in [2.05, 4.69) is 31.6 Å². The molecular weight excluding hydrogens is 286 g/mol. The van der Waals surface area contributed by atoms with Crippen molar-refractivity contribution >= 4 is 40.9 Å². The first-order valence-corrected chi connectivity index (χ1v) is 8.24. The lowest BCUT2D eigenvalue weighted by atomic mass is 10.4. The van der Waals surface area contributed by atoms with Crippen LogP contribution in [0.5, 0.6) is 0 Å². The van der Waals surface area contributed by atoms with Gasteiger partial charge in [-0.15, -0.1) is 0 Å². The van der Waals surface area contributed by atoms with Crippen LogP contribution in [0.15, 0.2) is 26.9 Å². The summed E-state index contributed by atoms with van der Waals surface area (Å²) in [6, 6.07) is 1.95. The second-order valence-corrected chi connectivity index (χ2v) is 6.14. The number of nitrogens with one attached hydrogen (secondary N) is 1. The molecule has 5 nitrogen and oxygen atoms in total. The highest BCUT2D eigenvalue weighted by atomic mass is 32.2. The molecular formula is C10H13N5S3. The molecule has 2 heterocycles. The molecule has 1 N–H and O–H groups in total. The number of thioether (sulfide) groups is 1. The van der Waals surface area contributed by atoms with E-state index in [-0.39, 0.29) is 0 Å². The highest BCUT2D eigenvalue weighted by molar-refractivity contribution is 8.01. The highest BCUT2D eigenvalue weighted by Gasteiger charge is 2.07. The van der Waals surface area contributed by atoms with Crippen LogP contribution in [0.4, 0.5) is 5.82 Å². The Balaban J connectivity index is 2.17. The topological polar surface area (TPSA) is 63.6 Å². The Morgan fingerprint density at radius 1 is 1.39 bits per heavy atom. The molecule has 0 saturated heterocycles. The summed E-state index contributed by atoms with van der Waals surface area (Å²) in [4.78, 5) is 13.0. The maximum atomic E-state index is 4.45. The molecule has 0 radical (unpaired) electrons. The van der Waals surface area contributed by atoms with Gasteiger partial charge >= 0.3 is 0 Å². The van der Waals surface area contributed by atoms with Gasteiger partial charge in [0.2, 0.25) is 0 Å². The van der Waals surface area contributed by atoms with Gasteiger partial charge in [-0.25, -0.2) is 15.0 Å². The average molecular weight is 299 g/mol. The molecule has 0 unspecified atom stereocenters. The molecule has 0 spiro atoms. The first-order valence-electron chi connectivity index (χ1n) is 5.43. The molecule has 0 bridgehead atoms. The van der Waals surface area contributed by atoms with E-state index in [1.165, 1.54) is 35.1 Å². The minimum absolute atomic E-state index is 0.767. The Kier molecular flexibility index (Phi) is 5.21. The molecule has 0 fully saturated rings. The molecule has 2 rings (SSSR count). The van der Waals surface area contributed by atoms with Crippen molar-refractivity contribution in [1.29, 1.82) is 0 Å². The summed E-state index contributed by atoms with van der Waals surface area (Å²) in [7, 11) is 0. The van der Waals surface area contributed by atoms with E-state index in [9.17, 15) is 0 Å². The highest BCUT2D eigenvalue weighted by Crippen LogP contribution is 2.29. The smallest absolute Gasteiger partial charge is 0.190 e. The zero-order chi connectivity index (χ0) is 12.8. The van der Waals surface area contributed by atoms with Crippen molar-refractivity contribution < 1.29 is 0 Å². The fraction of sp³-hybridized carbons (Fsp3) is 0.400. The molecule has 18 heavy (non-hydrogen) atoms. The zero-order valence-electron chi connectivity index (χ0n) is 10.1. The van der Waals surface area contributed by atoms with Gasteiger partial charge in [-0.3, -0.25) is 0 Å². The van der Waals surface area contributed by atoms with Crippen LogP contribution in [0.3, 0.4) is 0 Å². The number of nitrogens with zero attached hydrogens (tertiary/aromatic N) is 4. The van der Waals surface area contributed by atoms with Gasteiger partial charge in [0.05, 0.1) is 0 Å². The van der Waals surface area contributed by atoms with Crippen LogP contribution in [0.2, 0.25) is 0 Å². The largest absolute Gasteiger partial charge is 0.370 e. The van der Waals surface area contributed by atoms with Crippen molar-refractivity contribution in [2.24, 2.45) is 0 Å². The van der Waals surface area contributed by atoms with Crippen molar-refractivity contribution in [3.63, 3.8) is 0 Å². The Morgan fingerprint density at radius 2 is 2.28 bits per heavy atom. The number of hydrogen-bond donors (Lipinski definition) is 1. The minimum atomic E-state index is 0.767. The molecule has 8 heteroatoms. The summed E-state index contributed by atoms with van der Waals surface area (Å²) in [5.41, 5.74) is 0. The first-order chi connectivity index (χ1) is 8.81. The fourth-order valence-corrected chi connectivity index (χ4v) is 3.02. The van der Waals surface area contributed by atoms with E-state index in [0.717, 1.165) is 33.3 Å². The number of rotatable bonds is 6. The summed E-state index contributed by atoms with van der Waals surface area (Å²) in [6.07, 6.45) is 4.59. The first kappa shape index (κ1) is 13.6. The van der Waals surface area contributed by atoms with E-state index in [1.807, 2.05) is 12.3 Å². The van der Waals surface area contributed by atoms with Crippen molar-refractivity contribution in [2.45, 2.75) is 27.9 Å². The molecule has 2 aromatic rings. The lowest BCUT2D eigenvalue weighted by molar-refractivity contribution is 0.878. The van der Waals surface area contributed by atoms with Crippen LogP contribution in [0.1, 0.15) is 13.3 Å². The van der Waals surface area contributed by atoms with Crippen LogP contribution in [-0.2, 0) is 0 Å². The van der Waals surface area contributed by atoms with Crippen LogP contribution < -0.4 is 5.32 Å². The maximum Gasteiger partial charge on any atom is 0.190 e. The number of anilines is 1. The molecule has 96 valence electrons. The third-order valence-corrected chi connectivity index (χ3v) is 4.13. The van der Waals surface area contributed by atoms with Crippen molar-refractivity contribution in [3.05, 3.63) is 12.4 Å². The van der Waals surface area contributed by atoms with E-state index in [1.54, 1.807) is 6.33 Å². The third-order valence-electron chi connectivity index (χ3n) is 1.95. The lowest BCUT2D eigenvalue weighted by Crippen LogP contribution is -2.03. The van der Waals surface area contributed by atoms with Crippen LogP contribution in [-0.4, -0.2) is 32.1 Å². The van der Waals surface area contributed by atoms with E-state index in [0.29, 0.717) is 0 Å². The predicted octanol–water partition coefficient (Wildman–Crippen LogP) is 3.02. The summed E-state index contributed by atoms with van der Waals surface area (Å²) >= 11 is 4.42. The lowest BCUT2D eigenvalue weighted by Gasteiger charge is -2.06. The molecule has 0 aromatic carbocycles. The van der Waals surface area contributed by atoms with Gasteiger partial charge in [-0.1, -0.05) is 18.7 Å². The van der Waals surface area contributed by atoms with Crippen LogP contribution in [0, 0.1) is 0 Å². The SMILES string of the molecule is CCCNc1cc(Sc2ncns2)nc(SC)n1. The monoisotopic (exact) mass is 299 g/mol. The Labute approximate surface area is 118 Å². The Bertz CT molecular complexity index is 488. The van der Waals surface area contributed by atoms with Crippen LogP contribution in [0.25, 0.3) is 0 Å². The van der Waals surface area contributed by atoms with E-state index >= 15 is 0 Å². The van der Waals surface area contributed by atoms with Gasteiger partial charge in [0.25, 0.3) is 0 Å². The second-order valence-electron chi connectivity index (χ2n) is 3.31. The van der Waals surface area contributed by atoms with Crippen molar-refractivity contribution in [2.75, 3.05) is 18.1 Å². The Morgan fingerprint density at radius 3 is 2.94 bits per heavy atom. The molecule has 0 aliphatic heterocycles. The molecule has 0 amide bonds. The standard InChI is InChI=1S/C10H13N5S3/c1-3-4-11-7-5-8(15-9(14-7)16-2)17-10-12-6-13-18-10/h5-6H,3-4H2,1-2H3,(H,11,14,15). The number of aromatic nitrogens is 4. The van der Waals surface area contributed by atoms with Gasteiger partial charge in [-0.2, -0.15) is 4.37 Å². The summed E-state index contributed by atoms with van der Waals surface area (Å²) in [5.74, 6) is 0.864. The molecule has 2 aromatic heterocycles. The molecule has 0 atom stereocenters. The van der Waals surface area contributed by atoms with Gasteiger partial charge in [-0.05, 0) is 36.0 Å². The van der Waals surface area contributed by atoms with Crippen molar-refractivity contribution in [3.8, 4) is 0 Å². The van der Waals surface area contributed by atoms with Crippen LogP contribution >= 0.6 is 35.1 Å². The van der Waals surface area contributed by atoms with Gasteiger partial charge < -0.3 is 5.32 Å². The van der Waals surface area contributed by atoms with Gasteiger partial charge in [0.1, 0.15) is 17.2 Å². The molecule has 0 aliphatic rings. The predicted molar refractivity (Wildman–Crippen MR) is 76.6 cm³/mol. The minimum Gasteiger partial charge on any atom is -0.370 e. The van der Waals surface area contributed by atoms with E-state index in [4.69, 9.17) is 0 Å². The fourth-order valence-electron chi connectivity index (χ4n) is 1.19. The van der Waals surface area contributed by atoms with Gasteiger partial charge in [0, 0.05) is 12.6 Å². The second kappa shape index (κ2) is 6.91.